The zero-order valence-electron chi connectivity index (χ0n) is 8.24. The first-order valence-corrected chi connectivity index (χ1v) is 4.01. The third-order valence-corrected chi connectivity index (χ3v) is 2.07. The van der Waals surface area contributed by atoms with E-state index in [1.807, 2.05) is 14.0 Å². The number of aryl methyl sites for hydroxylation is 1. The Bertz CT molecular complexity index is 319. The minimum Gasteiger partial charge on any atom is -0.468 e. The van der Waals surface area contributed by atoms with Gasteiger partial charge >= 0.3 is 5.97 Å². The zero-order chi connectivity index (χ0) is 10.0. The maximum absolute atomic E-state index is 11.2. The lowest BCUT2D eigenvalue weighted by atomic mass is 10.2. The minimum atomic E-state index is -0.365. The predicted molar refractivity (Wildman–Crippen MR) is 46.2 cm³/mol. The summed E-state index contributed by atoms with van der Waals surface area (Å²) in [5.74, 6) is 0.752. The number of ether oxygens (including phenoxy) is 1. The van der Waals surface area contributed by atoms with Crippen molar-refractivity contribution < 1.29 is 9.53 Å². The lowest BCUT2D eigenvalue weighted by Crippen LogP contribution is -2.15. The van der Waals surface area contributed by atoms with Crippen LogP contribution in [0, 0.1) is 6.92 Å². The van der Waals surface area contributed by atoms with E-state index in [9.17, 15) is 4.79 Å². The Labute approximate surface area is 76.7 Å². The van der Waals surface area contributed by atoms with Gasteiger partial charge in [-0.25, -0.2) is 0 Å². The highest BCUT2D eigenvalue weighted by Gasteiger charge is 2.21. The summed E-state index contributed by atoms with van der Waals surface area (Å²) >= 11 is 0. The fourth-order valence-corrected chi connectivity index (χ4v) is 1.08. The van der Waals surface area contributed by atoms with Gasteiger partial charge in [-0.15, -0.1) is 10.2 Å². The van der Waals surface area contributed by atoms with E-state index in [1.165, 1.54) is 7.11 Å². The van der Waals surface area contributed by atoms with Gasteiger partial charge in [0.1, 0.15) is 17.6 Å². The zero-order valence-corrected chi connectivity index (χ0v) is 8.24. The summed E-state index contributed by atoms with van der Waals surface area (Å²) in [6, 6.07) is 0. The number of hydrogen-bond donors (Lipinski definition) is 0. The summed E-state index contributed by atoms with van der Waals surface area (Å²) < 4.78 is 6.39. The van der Waals surface area contributed by atoms with Crippen molar-refractivity contribution in [3.05, 3.63) is 11.6 Å². The predicted octanol–water partition coefficient (Wildman–Crippen LogP) is 0.400. The largest absolute Gasteiger partial charge is 0.468 e. The molecule has 0 aliphatic carbocycles. The van der Waals surface area contributed by atoms with Crippen LogP contribution in [0.2, 0.25) is 0 Å². The molecular formula is C8H13N3O2. The first kappa shape index (κ1) is 9.70. The first-order chi connectivity index (χ1) is 6.07. The number of carbonyl (C=O) groups is 1. The van der Waals surface area contributed by atoms with Gasteiger partial charge in [-0.2, -0.15) is 0 Å². The molecule has 1 rings (SSSR count). The molecule has 0 aliphatic heterocycles. The van der Waals surface area contributed by atoms with Crippen molar-refractivity contribution in [1.82, 2.24) is 14.8 Å². The quantitative estimate of drug-likeness (QED) is 0.623. The Balaban J connectivity index is 2.95. The molecular weight excluding hydrogens is 170 g/mol. The van der Waals surface area contributed by atoms with Crippen molar-refractivity contribution in [2.45, 2.75) is 19.8 Å². The number of carbonyl (C=O) groups excluding carboxylic acids is 1. The topological polar surface area (TPSA) is 57.0 Å². The third-order valence-electron chi connectivity index (χ3n) is 2.07. The van der Waals surface area contributed by atoms with Crippen LogP contribution < -0.4 is 0 Å². The van der Waals surface area contributed by atoms with E-state index in [0.717, 1.165) is 5.82 Å². The van der Waals surface area contributed by atoms with Gasteiger partial charge in [0.2, 0.25) is 0 Å². The van der Waals surface area contributed by atoms with Crippen molar-refractivity contribution in [3.8, 4) is 0 Å². The molecule has 72 valence electrons. The van der Waals surface area contributed by atoms with Crippen LogP contribution in [0.3, 0.4) is 0 Å². The number of rotatable bonds is 2. The molecule has 1 aromatic heterocycles. The molecule has 0 radical (unpaired) electrons. The molecule has 0 spiro atoms. The Morgan fingerprint density at radius 2 is 2.15 bits per heavy atom. The standard InChI is InChI=1S/C8H13N3O2/c1-5(8(12)13-4)7-10-9-6(2)11(7)3/h5H,1-4H3. The van der Waals surface area contributed by atoms with E-state index >= 15 is 0 Å². The molecule has 0 aromatic carbocycles. The van der Waals surface area contributed by atoms with Crippen LogP contribution in [0.1, 0.15) is 24.5 Å². The van der Waals surface area contributed by atoms with Gasteiger partial charge in [0.15, 0.2) is 0 Å². The molecule has 1 unspecified atom stereocenters. The smallest absolute Gasteiger partial charge is 0.316 e. The molecule has 0 aliphatic rings. The maximum Gasteiger partial charge on any atom is 0.316 e. The second kappa shape index (κ2) is 3.55. The number of esters is 1. The van der Waals surface area contributed by atoms with Crippen LogP contribution in [0.25, 0.3) is 0 Å². The Kier molecular flexibility index (Phi) is 2.65. The summed E-state index contributed by atoms with van der Waals surface area (Å²) in [5.41, 5.74) is 0. The monoisotopic (exact) mass is 183 g/mol. The fourth-order valence-electron chi connectivity index (χ4n) is 1.08. The second-order valence-electron chi connectivity index (χ2n) is 2.91. The van der Waals surface area contributed by atoms with Crippen molar-refractivity contribution in [2.24, 2.45) is 7.05 Å². The number of nitrogens with zero attached hydrogens (tertiary/aromatic N) is 3. The average molecular weight is 183 g/mol. The summed E-state index contributed by atoms with van der Waals surface area (Å²) in [7, 11) is 3.19. The molecule has 0 fully saturated rings. The van der Waals surface area contributed by atoms with E-state index in [-0.39, 0.29) is 11.9 Å². The SMILES string of the molecule is COC(=O)C(C)c1nnc(C)n1C. The van der Waals surface area contributed by atoms with Crippen LogP contribution >= 0.6 is 0 Å². The molecule has 5 heteroatoms. The van der Waals surface area contributed by atoms with Crippen molar-refractivity contribution in [1.29, 1.82) is 0 Å². The molecule has 0 saturated heterocycles. The molecule has 0 amide bonds. The van der Waals surface area contributed by atoms with Crippen molar-refractivity contribution in [2.75, 3.05) is 7.11 Å². The Morgan fingerprint density at radius 3 is 2.54 bits per heavy atom. The van der Waals surface area contributed by atoms with Gasteiger partial charge < -0.3 is 9.30 Å². The second-order valence-corrected chi connectivity index (χ2v) is 2.91. The van der Waals surface area contributed by atoms with Crippen LogP contribution in [0.15, 0.2) is 0 Å². The molecule has 1 atom stereocenters. The fraction of sp³-hybridized carbons (Fsp3) is 0.625. The average Bonchev–Trinajstić information content (AvgIpc) is 2.45. The summed E-state index contributed by atoms with van der Waals surface area (Å²) in [4.78, 5) is 11.2. The van der Waals surface area contributed by atoms with Gasteiger partial charge in [-0.1, -0.05) is 0 Å². The number of methoxy groups -OCH3 is 1. The van der Waals surface area contributed by atoms with Crippen LogP contribution in [-0.2, 0) is 16.6 Å². The maximum atomic E-state index is 11.2. The van der Waals surface area contributed by atoms with Crippen molar-refractivity contribution in [3.63, 3.8) is 0 Å². The van der Waals surface area contributed by atoms with Gasteiger partial charge in [-0.05, 0) is 13.8 Å². The van der Waals surface area contributed by atoms with Crippen LogP contribution in [0.4, 0.5) is 0 Å². The van der Waals surface area contributed by atoms with Gasteiger partial charge in [0.05, 0.1) is 7.11 Å². The summed E-state index contributed by atoms with van der Waals surface area (Å²) in [5, 5.41) is 7.76. The minimum absolute atomic E-state index is 0.296. The first-order valence-electron chi connectivity index (χ1n) is 4.01. The highest BCUT2D eigenvalue weighted by molar-refractivity contribution is 5.76. The molecule has 0 N–H and O–H groups in total. The van der Waals surface area contributed by atoms with Gasteiger partial charge in [0.25, 0.3) is 0 Å². The number of hydrogen-bond acceptors (Lipinski definition) is 4. The highest BCUT2D eigenvalue weighted by Crippen LogP contribution is 2.13. The normalized spacial score (nSPS) is 12.6. The van der Waals surface area contributed by atoms with Crippen LogP contribution in [0.5, 0.6) is 0 Å². The van der Waals surface area contributed by atoms with E-state index in [4.69, 9.17) is 0 Å². The van der Waals surface area contributed by atoms with Crippen molar-refractivity contribution >= 4 is 5.97 Å². The van der Waals surface area contributed by atoms with Gasteiger partial charge in [0, 0.05) is 7.05 Å². The molecule has 1 heterocycles. The van der Waals surface area contributed by atoms with Gasteiger partial charge in [-0.3, -0.25) is 4.79 Å². The molecule has 1 aromatic rings. The lowest BCUT2D eigenvalue weighted by molar-refractivity contribution is -0.142. The van der Waals surface area contributed by atoms with Crippen LogP contribution in [-0.4, -0.2) is 27.8 Å². The Hall–Kier alpha value is -1.39. The van der Waals surface area contributed by atoms with E-state index in [2.05, 4.69) is 14.9 Å². The summed E-state index contributed by atoms with van der Waals surface area (Å²) in [6.45, 7) is 3.58. The molecule has 0 saturated carbocycles. The molecule has 5 nitrogen and oxygen atoms in total. The third kappa shape index (κ3) is 1.68. The Morgan fingerprint density at radius 1 is 1.54 bits per heavy atom. The lowest BCUT2D eigenvalue weighted by Gasteiger charge is -2.07. The molecule has 0 bridgehead atoms. The van der Waals surface area contributed by atoms with E-state index in [0.29, 0.717) is 5.82 Å². The highest BCUT2D eigenvalue weighted by atomic mass is 16.5. The summed E-state index contributed by atoms with van der Waals surface area (Å²) in [6.07, 6.45) is 0. The molecule has 13 heavy (non-hydrogen) atoms. The van der Waals surface area contributed by atoms with E-state index < -0.39 is 0 Å². The number of aromatic nitrogens is 3. The van der Waals surface area contributed by atoms with E-state index in [1.54, 1.807) is 11.5 Å².